The summed E-state index contributed by atoms with van der Waals surface area (Å²) in [6.45, 7) is 7.52. The second-order valence-corrected chi connectivity index (χ2v) is 4.12. The minimum atomic E-state index is 0.515. The molecule has 0 bridgehead atoms. The highest BCUT2D eigenvalue weighted by Gasteiger charge is 1.84. The average molecular weight is 257 g/mol. The highest BCUT2D eigenvalue weighted by molar-refractivity contribution is 5.54. The Balaban J connectivity index is 0.000000342. The van der Waals surface area contributed by atoms with Crippen molar-refractivity contribution in [3.63, 3.8) is 0 Å². The Morgan fingerprint density at radius 3 is 2.58 bits per heavy atom. The van der Waals surface area contributed by atoms with Gasteiger partial charge in [0, 0.05) is 19.2 Å². The Hall–Kier alpha value is -2.09. The van der Waals surface area contributed by atoms with Crippen molar-refractivity contribution in [1.82, 2.24) is 0 Å². The number of hydrogen-bond donors (Lipinski definition) is 1. The highest BCUT2D eigenvalue weighted by atomic mass is 16.1. The van der Waals surface area contributed by atoms with E-state index in [1.54, 1.807) is 6.08 Å². The van der Waals surface area contributed by atoms with Crippen LogP contribution >= 0.6 is 0 Å². The first-order valence-corrected chi connectivity index (χ1v) is 6.27. The summed E-state index contributed by atoms with van der Waals surface area (Å²) >= 11 is 0. The number of anilines is 1. The summed E-state index contributed by atoms with van der Waals surface area (Å²) in [7, 11) is 1.93. The summed E-state index contributed by atoms with van der Waals surface area (Å²) in [5, 5.41) is 3.07. The van der Waals surface area contributed by atoms with Crippen molar-refractivity contribution in [3.8, 4) is 0 Å². The molecule has 0 aliphatic heterocycles. The van der Waals surface area contributed by atoms with Gasteiger partial charge in [0.25, 0.3) is 0 Å². The van der Waals surface area contributed by atoms with E-state index >= 15 is 0 Å². The minimum Gasteiger partial charge on any atom is -0.388 e. The molecule has 1 N–H and O–H groups in total. The lowest BCUT2D eigenvalue weighted by molar-refractivity contribution is -0.107. The lowest BCUT2D eigenvalue weighted by Crippen LogP contribution is -1.86. The van der Waals surface area contributed by atoms with E-state index in [1.807, 2.05) is 44.3 Å². The smallest absolute Gasteiger partial charge is 0.124 e. The number of rotatable bonds is 5. The molecule has 0 aromatic heterocycles. The molecule has 1 rings (SSSR count). The van der Waals surface area contributed by atoms with Gasteiger partial charge in [-0.05, 0) is 31.5 Å². The van der Waals surface area contributed by atoms with Crippen LogP contribution in [0.25, 0.3) is 0 Å². The number of allylic oxidation sites excluding steroid dienone is 5. The first kappa shape index (κ1) is 16.9. The molecule has 19 heavy (non-hydrogen) atoms. The third-order valence-electron chi connectivity index (χ3n) is 2.34. The highest BCUT2D eigenvalue weighted by Crippen LogP contribution is 2.07. The minimum absolute atomic E-state index is 0.515. The fourth-order valence-electron chi connectivity index (χ4n) is 1.30. The Kier molecular flexibility index (Phi) is 9.81. The van der Waals surface area contributed by atoms with Crippen LogP contribution in [0.2, 0.25) is 0 Å². The number of benzene rings is 1. The van der Waals surface area contributed by atoms with E-state index in [1.165, 1.54) is 11.3 Å². The maximum absolute atomic E-state index is 9.96. The number of carbonyl (C=O) groups excluding carboxylic acids is 1. The summed E-state index contributed by atoms with van der Waals surface area (Å²) in [4.78, 5) is 9.96. The van der Waals surface area contributed by atoms with E-state index < -0.39 is 0 Å². The van der Waals surface area contributed by atoms with Gasteiger partial charge in [0.2, 0.25) is 0 Å². The summed E-state index contributed by atoms with van der Waals surface area (Å²) in [6.07, 6.45) is 8.70. The van der Waals surface area contributed by atoms with Crippen LogP contribution in [0.3, 0.4) is 0 Å². The molecule has 2 nitrogen and oxygen atoms in total. The molecule has 0 radical (unpaired) electrons. The predicted molar refractivity (Wildman–Crippen MR) is 84.5 cm³/mol. The van der Waals surface area contributed by atoms with Gasteiger partial charge >= 0.3 is 0 Å². The van der Waals surface area contributed by atoms with Crippen LogP contribution < -0.4 is 5.32 Å². The lowest BCUT2D eigenvalue weighted by Gasteiger charge is -1.98. The molecule has 2 heteroatoms. The monoisotopic (exact) mass is 257 g/mol. The first-order chi connectivity index (χ1) is 9.13. The third kappa shape index (κ3) is 9.60. The largest absolute Gasteiger partial charge is 0.388 e. The summed E-state index contributed by atoms with van der Waals surface area (Å²) in [5.74, 6) is 0. The van der Waals surface area contributed by atoms with Crippen molar-refractivity contribution in [2.45, 2.75) is 20.3 Å². The molecule has 1 aromatic carbocycles. The fourth-order valence-corrected chi connectivity index (χ4v) is 1.30. The van der Waals surface area contributed by atoms with Gasteiger partial charge in [-0.1, -0.05) is 48.6 Å². The quantitative estimate of drug-likeness (QED) is 0.629. The van der Waals surface area contributed by atoms with Gasteiger partial charge < -0.3 is 10.1 Å². The maximum Gasteiger partial charge on any atom is 0.124 e. The zero-order chi connectivity index (χ0) is 14.5. The number of hydrogen-bond acceptors (Lipinski definition) is 2. The van der Waals surface area contributed by atoms with Crippen molar-refractivity contribution in [3.05, 3.63) is 66.3 Å². The number of nitrogens with one attached hydrogen (secondary N) is 1. The number of aryl methyl sites for hydroxylation is 1. The maximum atomic E-state index is 9.96. The summed E-state index contributed by atoms with van der Waals surface area (Å²) < 4.78 is 0. The van der Waals surface area contributed by atoms with Gasteiger partial charge in [0.05, 0.1) is 0 Å². The van der Waals surface area contributed by atoms with Crippen LogP contribution in [0.1, 0.15) is 18.9 Å². The molecule has 0 heterocycles. The first-order valence-electron chi connectivity index (χ1n) is 6.27. The normalized spacial score (nSPS) is 10.6. The van der Waals surface area contributed by atoms with Crippen LogP contribution in [0, 0.1) is 6.92 Å². The Morgan fingerprint density at radius 1 is 1.37 bits per heavy atom. The van der Waals surface area contributed by atoms with Crippen LogP contribution in [-0.4, -0.2) is 13.3 Å². The second-order valence-electron chi connectivity index (χ2n) is 4.12. The van der Waals surface area contributed by atoms with Gasteiger partial charge in [-0.2, -0.15) is 0 Å². The molecule has 0 aliphatic carbocycles. The molecule has 0 saturated heterocycles. The van der Waals surface area contributed by atoms with Crippen LogP contribution in [-0.2, 0) is 4.79 Å². The molecule has 0 fully saturated rings. The molecule has 0 amide bonds. The molecule has 0 aliphatic rings. The van der Waals surface area contributed by atoms with Crippen molar-refractivity contribution in [2.24, 2.45) is 0 Å². The van der Waals surface area contributed by atoms with E-state index in [0.717, 1.165) is 11.9 Å². The van der Waals surface area contributed by atoms with Gasteiger partial charge in [0.1, 0.15) is 6.29 Å². The Morgan fingerprint density at radius 2 is 2.11 bits per heavy atom. The van der Waals surface area contributed by atoms with Gasteiger partial charge in [-0.3, -0.25) is 0 Å². The molecule has 0 unspecified atom stereocenters. The van der Waals surface area contributed by atoms with Crippen LogP contribution in [0.4, 0.5) is 5.69 Å². The topological polar surface area (TPSA) is 29.1 Å². The SMILES string of the molecule is C=C/C=C\C=C(/C)CC=O.CNc1cccc(C)c1. The molecule has 0 saturated carbocycles. The molecule has 1 aromatic rings. The van der Waals surface area contributed by atoms with E-state index in [0.29, 0.717) is 6.42 Å². The van der Waals surface area contributed by atoms with Crippen molar-refractivity contribution >= 4 is 12.0 Å². The second kappa shape index (κ2) is 11.0. The molecule has 0 spiro atoms. The zero-order valence-corrected chi connectivity index (χ0v) is 12.0. The van der Waals surface area contributed by atoms with E-state index in [9.17, 15) is 4.79 Å². The average Bonchev–Trinajstić information content (AvgIpc) is 2.40. The van der Waals surface area contributed by atoms with Crippen molar-refractivity contribution in [1.29, 1.82) is 0 Å². The molecule has 0 atom stereocenters. The van der Waals surface area contributed by atoms with Crippen molar-refractivity contribution in [2.75, 3.05) is 12.4 Å². The lowest BCUT2D eigenvalue weighted by atomic mass is 10.2. The van der Waals surface area contributed by atoms with Crippen LogP contribution in [0.5, 0.6) is 0 Å². The Labute approximate surface area is 116 Å². The number of carbonyl (C=O) groups is 1. The summed E-state index contributed by atoms with van der Waals surface area (Å²) in [6, 6.07) is 8.29. The zero-order valence-electron chi connectivity index (χ0n) is 12.0. The molecular formula is C17H23NO. The third-order valence-corrected chi connectivity index (χ3v) is 2.34. The van der Waals surface area contributed by atoms with E-state index in [2.05, 4.69) is 31.0 Å². The van der Waals surface area contributed by atoms with E-state index in [-0.39, 0.29) is 0 Å². The number of aldehydes is 1. The van der Waals surface area contributed by atoms with Gasteiger partial charge in [-0.25, -0.2) is 0 Å². The molecule has 102 valence electrons. The fraction of sp³-hybridized carbons (Fsp3) is 0.235. The van der Waals surface area contributed by atoms with Gasteiger partial charge in [0.15, 0.2) is 0 Å². The summed E-state index contributed by atoms with van der Waals surface area (Å²) in [5.41, 5.74) is 3.53. The predicted octanol–water partition coefficient (Wildman–Crippen LogP) is 4.30. The molecular weight excluding hydrogens is 234 g/mol. The van der Waals surface area contributed by atoms with Crippen molar-refractivity contribution < 1.29 is 4.79 Å². The Bertz CT molecular complexity index is 444. The van der Waals surface area contributed by atoms with Crippen LogP contribution in [0.15, 0.2) is 60.7 Å². The van der Waals surface area contributed by atoms with Gasteiger partial charge in [-0.15, -0.1) is 0 Å². The van der Waals surface area contributed by atoms with E-state index in [4.69, 9.17) is 0 Å². The standard InChI is InChI=1S/C9H12O.C8H11N/c1-3-4-5-6-9(2)7-8-10;1-7-4-3-5-8(6-7)9-2/h3-6,8H,1,7H2,2H3;3-6,9H,1-2H3/b5-4-,9-6+;.